The Morgan fingerprint density at radius 3 is 2.52 bits per heavy atom. The van der Waals surface area contributed by atoms with Gasteiger partial charge in [-0.1, -0.05) is 27.2 Å². The van der Waals surface area contributed by atoms with Crippen molar-refractivity contribution in [3.05, 3.63) is 0 Å². The molecular weight excluding hydrogens is 284 g/mol. The summed E-state index contributed by atoms with van der Waals surface area (Å²) in [6.45, 7) is 11.3. The molecule has 0 radical (unpaired) electrons. The zero-order chi connectivity index (χ0) is 15.7. The lowest BCUT2D eigenvalue weighted by atomic mass is 9.86. The minimum atomic E-state index is -2.88. The van der Waals surface area contributed by atoms with Crippen LogP contribution in [-0.4, -0.2) is 56.0 Å². The summed E-state index contributed by atoms with van der Waals surface area (Å²) in [5, 5.41) is 3.73. The van der Waals surface area contributed by atoms with Crippen LogP contribution >= 0.6 is 0 Å². The highest BCUT2D eigenvalue weighted by atomic mass is 32.2. The third-order valence-electron chi connectivity index (χ3n) is 5.76. The Morgan fingerprint density at radius 1 is 1.33 bits per heavy atom. The predicted octanol–water partition coefficient (Wildman–Crippen LogP) is 1.91. The van der Waals surface area contributed by atoms with Gasteiger partial charge in [0.05, 0.1) is 5.75 Å². The summed E-state index contributed by atoms with van der Waals surface area (Å²) >= 11 is 0. The molecule has 1 N–H and O–H groups in total. The van der Waals surface area contributed by atoms with Crippen LogP contribution in [0.1, 0.15) is 47.0 Å². The van der Waals surface area contributed by atoms with Crippen LogP contribution in [0.15, 0.2) is 0 Å². The standard InChI is InChI=1S/C16H32N2O2S/c1-5-13(3)15-11-18(9-10-21(19,20)6-2)16(4,12-17-15)14-7-8-14/h13-15,17H,5-12H2,1-4H3. The minimum Gasteiger partial charge on any atom is -0.311 e. The van der Waals surface area contributed by atoms with Gasteiger partial charge in [0.2, 0.25) is 0 Å². The molecule has 4 nitrogen and oxygen atoms in total. The Labute approximate surface area is 130 Å². The largest absolute Gasteiger partial charge is 0.311 e. The average Bonchev–Trinajstić information content (AvgIpc) is 3.30. The lowest BCUT2D eigenvalue weighted by molar-refractivity contribution is 0.0286. The molecule has 3 unspecified atom stereocenters. The van der Waals surface area contributed by atoms with Gasteiger partial charge in [0.1, 0.15) is 0 Å². The van der Waals surface area contributed by atoms with Crippen LogP contribution in [0, 0.1) is 11.8 Å². The van der Waals surface area contributed by atoms with E-state index in [1.165, 1.54) is 19.3 Å². The van der Waals surface area contributed by atoms with Crippen molar-refractivity contribution in [2.75, 3.05) is 31.1 Å². The van der Waals surface area contributed by atoms with Crippen LogP contribution in [-0.2, 0) is 9.84 Å². The number of rotatable bonds is 7. The van der Waals surface area contributed by atoms with Gasteiger partial charge in [-0.3, -0.25) is 4.90 Å². The maximum atomic E-state index is 11.9. The molecule has 1 aliphatic carbocycles. The maximum absolute atomic E-state index is 11.9. The minimum absolute atomic E-state index is 0.146. The molecule has 1 heterocycles. The van der Waals surface area contributed by atoms with Crippen molar-refractivity contribution in [1.82, 2.24) is 10.2 Å². The summed E-state index contributed by atoms with van der Waals surface area (Å²) < 4.78 is 23.7. The highest BCUT2D eigenvalue weighted by Crippen LogP contribution is 2.44. The fourth-order valence-electron chi connectivity index (χ4n) is 3.47. The molecule has 0 bridgehead atoms. The molecule has 2 rings (SSSR count). The van der Waals surface area contributed by atoms with Gasteiger partial charge in [-0.25, -0.2) is 8.42 Å². The first kappa shape index (κ1) is 17.2. The number of piperazine rings is 1. The highest BCUT2D eigenvalue weighted by Gasteiger charge is 2.48. The fourth-order valence-corrected chi connectivity index (χ4v) is 4.26. The molecule has 3 atom stereocenters. The first-order valence-corrected chi connectivity index (χ1v) is 10.3. The zero-order valence-electron chi connectivity index (χ0n) is 14.1. The molecule has 1 saturated heterocycles. The van der Waals surface area contributed by atoms with E-state index in [9.17, 15) is 8.42 Å². The summed E-state index contributed by atoms with van der Waals surface area (Å²) in [5.74, 6) is 1.94. The molecule has 1 saturated carbocycles. The van der Waals surface area contributed by atoms with Crippen molar-refractivity contribution in [3.8, 4) is 0 Å². The van der Waals surface area contributed by atoms with Crippen LogP contribution in [0.3, 0.4) is 0 Å². The quantitative estimate of drug-likeness (QED) is 0.779. The van der Waals surface area contributed by atoms with Crippen LogP contribution in [0.5, 0.6) is 0 Å². The number of sulfone groups is 1. The second-order valence-corrected chi connectivity index (χ2v) is 9.66. The highest BCUT2D eigenvalue weighted by molar-refractivity contribution is 7.91. The maximum Gasteiger partial charge on any atom is 0.151 e. The van der Waals surface area contributed by atoms with Crippen molar-refractivity contribution >= 4 is 9.84 Å². The van der Waals surface area contributed by atoms with Crippen LogP contribution in [0.2, 0.25) is 0 Å². The van der Waals surface area contributed by atoms with Gasteiger partial charge in [-0.05, 0) is 31.6 Å². The van der Waals surface area contributed by atoms with E-state index in [2.05, 4.69) is 31.0 Å². The third-order valence-corrected chi connectivity index (χ3v) is 7.45. The molecular formula is C16H32N2O2S. The predicted molar refractivity (Wildman–Crippen MR) is 88.3 cm³/mol. The third kappa shape index (κ3) is 3.99. The molecule has 124 valence electrons. The summed E-state index contributed by atoms with van der Waals surface area (Å²) in [4.78, 5) is 2.48. The average molecular weight is 317 g/mol. The van der Waals surface area contributed by atoms with E-state index in [4.69, 9.17) is 0 Å². The number of hydrogen-bond acceptors (Lipinski definition) is 4. The van der Waals surface area contributed by atoms with Gasteiger partial charge in [-0.2, -0.15) is 0 Å². The normalized spacial score (nSPS) is 33.0. The molecule has 21 heavy (non-hydrogen) atoms. The van der Waals surface area contributed by atoms with Gasteiger partial charge in [-0.15, -0.1) is 0 Å². The lowest BCUT2D eigenvalue weighted by Gasteiger charge is -2.50. The molecule has 0 spiro atoms. The topological polar surface area (TPSA) is 49.4 Å². The van der Waals surface area contributed by atoms with Crippen molar-refractivity contribution < 1.29 is 8.42 Å². The Balaban J connectivity index is 2.06. The smallest absolute Gasteiger partial charge is 0.151 e. The van der Waals surface area contributed by atoms with Crippen LogP contribution < -0.4 is 5.32 Å². The van der Waals surface area contributed by atoms with E-state index < -0.39 is 9.84 Å². The first-order valence-electron chi connectivity index (χ1n) is 8.51. The number of nitrogens with one attached hydrogen (secondary N) is 1. The second kappa shape index (κ2) is 6.55. The van der Waals surface area contributed by atoms with E-state index in [-0.39, 0.29) is 11.3 Å². The Hall–Kier alpha value is -0.130. The van der Waals surface area contributed by atoms with Crippen molar-refractivity contribution in [2.24, 2.45) is 11.8 Å². The van der Waals surface area contributed by atoms with E-state index in [0.717, 1.165) is 19.0 Å². The van der Waals surface area contributed by atoms with Crippen LogP contribution in [0.25, 0.3) is 0 Å². The van der Waals surface area contributed by atoms with E-state index >= 15 is 0 Å². The lowest BCUT2D eigenvalue weighted by Crippen LogP contribution is -2.66. The van der Waals surface area contributed by atoms with E-state index in [0.29, 0.717) is 24.3 Å². The second-order valence-electron chi connectivity index (χ2n) is 7.19. The van der Waals surface area contributed by atoms with Gasteiger partial charge < -0.3 is 5.32 Å². The van der Waals surface area contributed by atoms with Crippen molar-refractivity contribution in [1.29, 1.82) is 0 Å². The number of nitrogens with zero attached hydrogens (tertiary/aromatic N) is 1. The molecule has 5 heteroatoms. The number of hydrogen-bond donors (Lipinski definition) is 1. The Kier molecular flexibility index (Phi) is 5.37. The molecule has 1 aliphatic heterocycles. The SMILES string of the molecule is CCC(C)C1CN(CCS(=O)(=O)CC)C(C)(C2CC2)CN1. The molecule has 0 aromatic heterocycles. The summed E-state index contributed by atoms with van der Waals surface area (Å²) in [7, 11) is -2.88. The van der Waals surface area contributed by atoms with Crippen molar-refractivity contribution in [2.45, 2.75) is 58.5 Å². The monoisotopic (exact) mass is 316 g/mol. The summed E-state index contributed by atoms with van der Waals surface area (Å²) in [6, 6.07) is 0.492. The van der Waals surface area contributed by atoms with Gasteiger partial charge >= 0.3 is 0 Å². The van der Waals surface area contributed by atoms with E-state index in [1.807, 2.05) is 0 Å². The fraction of sp³-hybridized carbons (Fsp3) is 1.00. The van der Waals surface area contributed by atoms with Gasteiger partial charge in [0.15, 0.2) is 9.84 Å². The Bertz CT molecular complexity index is 447. The zero-order valence-corrected chi connectivity index (χ0v) is 14.9. The molecule has 0 aromatic rings. The van der Waals surface area contributed by atoms with Crippen LogP contribution in [0.4, 0.5) is 0 Å². The molecule has 0 amide bonds. The summed E-state index contributed by atoms with van der Waals surface area (Å²) in [5.41, 5.74) is 0.146. The molecule has 2 fully saturated rings. The van der Waals surface area contributed by atoms with Gasteiger partial charge in [0.25, 0.3) is 0 Å². The van der Waals surface area contributed by atoms with Crippen molar-refractivity contribution in [3.63, 3.8) is 0 Å². The van der Waals surface area contributed by atoms with E-state index in [1.54, 1.807) is 6.92 Å². The summed E-state index contributed by atoms with van der Waals surface area (Å²) in [6.07, 6.45) is 3.76. The molecule has 2 aliphatic rings. The first-order chi connectivity index (χ1) is 9.82. The Morgan fingerprint density at radius 2 is 2.00 bits per heavy atom. The molecule has 0 aromatic carbocycles. The van der Waals surface area contributed by atoms with Gasteiger partial charge in [0, 0.05) is 37.0 Å².